The average molecular weight is 440 g/mol. The predicted octanol–water partition coefficient (Wildman–Crippen LogP) is 3.39. The number of rotatable bonds is 4. The summed E-state index contributed by atoms with van der Waals surface area (Å²) in [6.45, 7) is 0.0564. The third kappa shape index (κ3) is 2.88. The Balaban J connectivity index is 1.73. The third-order valence-corrected chi connectivity index (χ3v) is 6.71. The third-order valence-electron chi connectivity index (χ3n) is 5.57. The smallest absolute Gasteiger partial charge is 0.308 e. The van der Waals surface area contributed by atoms with Gasteiger partial charge < -0.3 is 18.9 Å². The Labute approximate surface area is 182 Å². The van der Waals surface area contributed by atoms with Gasteiger partial charge in [-0.1, -0.05) is 29.5 Å². The summed E-state index contributed by atoms with van der Waals surface area (Å²) in [5.41, 5.74) is 1.43. The van der Waals surface area contributed by atoms with Crippen molar-refractivity contribution in [2.45, 2.75) is 12.3 Å². The minimum absolute atomic E-state index is 0.0564. The van der Waals surface area contributed by atoms with Crippen molar-refractivity contribution in [2.24, 2.45) is 7.05 Å². The lowest BCUT2D eigenvalue weighted by Crippen LogP contribution is -2.34. The number of aromatic nitrogens is 1. The lowest BCUT2D eigenvalue weighted by molar-refractivity contribution is -0.118. The number of hydrogen-bond donors (Lipinski definition) is 0. The first kappa shape index (κ1) is 19.5. The van der Waals surface area contributed by atoms with Crippen molar-refractivity contribution in [3.63, 3.8) is 0 Å². The van der Waals surface area contributed by atoms with Crippen LogP contribution in [0.2, 0.25) is 0 Å². The van der Waals surface area contributed by atoms with Gasteiger partial charge in [0.25, 0.3) is 0 Å². The standard InChI is InChI=1S/C22H20N2O6S/c1-23-21-20(31-22(23)26)14(10-16(25)24(21)12-7-5-4-6-8-12)13-9-15(27-2)18-19(17(13)28-3)30-11-29-18/h4-9,14H,10-11H2,1-3H3. The van der Waals surface area contributed by atoms with Gasteiger partial charge >= 0.3 is 4.87 Å². The van der Waals surface area contributed by atoms with Crippen molar-refractivity contribution in [1.82, 2.24) is 4.57 Å². The largest absolute Gasteiger partial charge is 0.493 e. The monoisotopic (exact) mass is 440 g/mol. The maximum absolute atomic E-state index is 13.4. The van der Waals surface area contributed by atoms with Crippen LogP contribution in [-0.4, -0.2) is 31.5 Å². The van der Waals surface area contributed by atoms with E-state index in [1.54, 1.807) is 32.2 Å². The van der Waals surface area contributed by atoms with Crippen LogP contribution in [-0.2, 0) is 11.8 Å². The Kier molecular flexibility index (Phi) is 4.62. The molecule has 3 heterocycles. The quantitative estimate of drug-likeness (QED) is 0.619. The highest BCUT2D eigenvalue weighted by Gasteiger charge is 2.40. The van der Waals surface area contributed by atoms with Crippen LogP contribution in [0.4, 0.5) is 11.5 Å². The van der Waals surface area contributed by atoms with Gasteiger partial charge in [-0.3, -0.25) is 19.1 Å². The molecule has 5 rings (SSSR count). The fourth-order valence-corrected chi connectivity index (χ4v) is 5.26. The second kappa shape index (κ2) is 7.35. The summed E-state index contributed by atoms with van der Waals surface area (Å²) >= 11 is 1.13. The minimum atomic E-state index is -0.389. The summed E-state index contributed by atoms with van der Waals surface area (Å²) in [7, 11) is 4.77. The van der Waals surface area contributed by atoms with Gasteiger partial charge in [-0.05, 0) is 18.2 Å². The summed E-state index contributed by atoms with van der Waals surface area (Å²) in [4.78, 5) is 28.3. The highest BCUT2D eigenvalue weighted by Crippen LogP contribution is 2.55. The summed E-state index contributed by atoms with van der Waals surface area (Å²) in [5.74, 6) is 1.95. The first-order valence-corrected chi connectivity index (χ1v) is 10.5. The molecule has 8 nitrogen and oxygen atoms in total. The number of benzene rings is 2. The Morgan fingerprint density at radius 1 is 1.06 bits per heavy atom. The zero-order chi connectivity index (χ0) is 21.7. The van der Waals surface area contributed by atoms with Crippen LogP contribution in [0.15, 0.2) is 41.2 Å². The number of para-hydroxylation sites is 1. The molecule has 0 saturated carbocycles. The van der Waals surface area contributed by atoms with Crippen molar-refractivity contribution in [2.75, 3.05) is 25.9 Å². The topological polar surface area (TPSA) is 79.2 Å². The van der Waals surface area contributed by atoms with E-state index >= 15 is 0 Å². The molecule has 31 heavy (non-hydrogen) atoms. The normalized spacial score (nSPS) is 16.9. The second-order valence-electron chi connectivity index (χ2n) is 7.20. The molecule has 1 unspecified atom stereocenters. The molecule has 9 heteroatoms. The van der Waals surface area contributed by atoms with Gasteiger partial charge in [0.1, 0.15) is 5.82 Å². The molecule has 3 aromatic rings. The SMILES string of the molecule is COc1cc(C2CC(=O)N(c3ccccc3)c3c2sc(=O)n3C)c(OC)c2c1OCO2. The minimum Gasteiger partial charge on any atom is -0.493 e. The van der Waals surface area contributed by atoms with Gasteiger partial charge in [-0.15, -0.1) is 0 Å². The first-order chi connectivity index (χ1) is 15.0. The van der Waals surface area contributed by atoms with Crippen LogP contribution >= 0.6 is 11.3 Å². The van der Waals surface area contributed by atoms with Gasteiger partial charge in [0.15, 0.2) is 11.5 Å². The van der Waals surface area contributed by atoms with Crippen LogP contribution in [0.5, 0.6) is 23.0 Å². The molecule has 160 valence electrons. The van der Waals surface area contributed by atoms with Crippen molar-refractivity contribution < 1.29 is 23.7 Å². The number of thiazole rings is 1. The van der Waals surface area contributed by atoms with E-state index in [1.165, 1.54) is 4.57 Å². The zero-order valence-corrected chi connectivity index (χ0v) is 18.0. The molecular formula is C22H20N2O6S. The number of hydrogen-bond acceptors (Lipinski definition) is 7. The summed E-state index contributed by atoms with van der Waals surface area (Å²) in [6.07, 6.45) is 0.168. The van der Waals surface area contributed by atoms with E-state index in [-0.39, 0.29) is 29.9 Å². The van der Waals surface area contributed by atoms with Crippen molar-refractivity contribution >= 4 is 28.7 Å². The molecule has 0 saturated heterocycles. The molecule has 2 aliphatic rings. The molecule has 0 bridgehead atoms. The van der Waals surface area contributed by atoms with Gasteiger partial charge in [0.05, 0.1) is 24.8 Å². The summed E-state index contributed by atoms with van der Waals surface area (Å²) in [5, 5.41) is 0. The first-order valence-electron chi connectivity index (χ1n) is 9.67. The maximum Gasteiger partial charge on any atom is 0.308 e. The number of fused-ring (bicyclic) bond motifs is 2. The Hall–Kier alpha value is -3.46. The predicted molar refractivity (Wildman–Crippen MR) is 115 cm³/mol. The highest BCUT2D eigenvalue weighted by molar-refractivity contribution is 7.10. The van der Waals surface area contributed by atoms with Gasteiger partial charge in [-0.25, -0.2) is 0 Å². The van der Waals surface area contributed by atoms with Crippen LogP contribution < -0.4 is 28.7 Å². The summed E-state index contributed by atoms with van der Waals surface area (Å²) in [6, 6.07) is 11.1. The molecule has 2 aromatic carbocycles. The van der Waals surface area contributed by atoms with Crippen LogP contribution in [0.25, 0.3) is 0 Å². The van der Waals surface area contributed by atoms with Gasteiger partial charge in [0, 0.05) is 24.9 Å². The molecule has 0 N–H and O–H groups in total. The fraction of sp³-hybridized carbons (Fsp3) is 0.273. The number of methoxy groups -OCH3 is 2. The fourth-order valence-electron chi connectivity index (χ4n) is 4.17. The second-order valence-corrected chi connectivity index (χ2v) is 8.20. The molecular weight excluding hydrogens is 420 g/mol. The molecule has 1 atom stereocenters. The number of carbonyl (C=O) groups is 1. The van der Waals surface area contributed by atoms with E-state index in [0.29, 0.717) is 34.4 Å². The van der Waals surface area contributed by atoms with Crippen LogP contribution in [0, 0.1) is 0 Å². The van der Waals surface area contributed by atoms with E-state index in [0.717, 1.165) is 21.9 Å². The Morgan fingerprint density at radius 3 is 2.52 bits per heavy atom. The number of nitrogens with zero attached hydrogens (tertiary/aromatic N) is 2. The molecule has 0 spiro atoms. The van der Waals surface area contributed by atoms with Crippen molar-refractivity contribution in [3.05, 3.63) is 56.5 Å². The number of amides is 1. The van der Waals surface area contributed by atoms with Crippen LogP contribution in [0.1, 0.15) is 22.8 Å². The Morgan fingerprint density at radius 2 is 1.81 bits per heavy atom. The molecule has 1 aromatic heterocycles. The van der Waals surface area contributed by atoms with Gasteiger partial charge in [0.2, 0.25) is 24.2 Å². The maximum atomic E-state index is 13.4. The van der Waals surface area contributed by atoms with Crippen molar-refractivity contribution in [1.29, 1.82) is 0 Å². The van der Waals surface area contributed by atoms with E-state index < -0.39 is 0 Å². The van der Waals surface area contributed by atoms with E-state index in [2.05, 4.69) is 0 Å². The number of anilines is 2. The van der Waals surface area contributed by atoms with Crippen molar-refractivity contribution in [3.8, 4) is 23.0 Å². The lowest BCUT2D eigenvalue weighted by Gasteiger charge is -2.32. The van der Waals surface area contributed by atoms with E-state index in [9.17, 15) is 9.59 Å². The molecule has 1 amide bonds. The lowest BCUT2D eigenvalue weighted by atomic mass is 9.89. The molecule has 0 radical (unpaired) electrons. The zero-order valence-electron chi connectivity index (χ0n) is 17.2. The highest BCUT2D eigenvalue weighted by atomic mass is 32.1. The number of ether oxygens (including phenoxy) is 4. The molecule has 0 aliphatic carbocycles. The molecule has 2 aliphatic heterocycles. The average Bonchev–Trinajstić information content (AvgIpc) is 3.38. The van der Waals surface area contributed by atoms with E-state index in [4.69, 9.17) is 18.9 Å². The molecule has 0 fully saturated rings. The van der Waals surface area contributed by atoms with E-state index in [1.807, 2.05) is 30.3 Å². The Bertz CT molecular complexity index is 1230. The van der Waals surface area contributed by atoms with Gasteiger partial charge in [-0.2, -0.15) is 0 Å². The summed E-state index contributed by atoms with van der Waals surface area (Å²) < 4.78 is 23.9. The van der Waals surface area contributed by atoms with Crippen LogP contribution in [0.3, 0.4) is 0 Å². The number of carbonyl (C=O) groups excluding carboxylic acids is 1.